The molecular weight excluding hydrogens is 307 g/mol. The van der Waals surface area contributed by atoms with Crippen molar-refractivity contribution in [2.45, 2.75) is 18.2 Å². The van der Waals surface area contributed by atoms with Crippen molar-refractivity contribution in [3.05, 3.63) is 65.0 Å². The lowest BCUT2D eigenvalue weighted by Crippen LogP contribution is -2.02. The molecule has 0 aromatic heterocycles. The number of methoxy groups -OCH3 is 1. The summed E-state index contributed by atoms with van der Waals surface area (Å²) in [7, 11) is 1.56. The molecule has 0 radical (unpaired) electrons. The van der Waals surface area contributed by atoms with Crippen LogP contribution in [0.15, 0.2) is 42.5 Å². The smallest absolute Gasteiger partial charge is 0.131 e. The fourth-order valence-electron chi connectivity index (χ4n) is 2.15. The predicted molar refractivity (Wildman–Crippen MR) is 79.5 cm³/mol. The molecule has 0 N–H and O–H groups in total. The maximum atomic E-state index is 14.0. The molecule has 0 heterocycles. The molecule has 0 aliphatic heterocycles. The number of ether oxygens (including phenoxy) is 1. The van der Waals surface area contributed by atoms with Gasteiger partial charge in [-0.3, -0.25) is 0 Å². The molecule has 1 nitrogen and oxygen atoms in total. The van der Waals surface area contributed by atoms with E-state index in [1.165, 1.54) is 17.2 Å². The number of halogens is 2. The minimum atomic E-state index is -0.242. The molecule has 0 aliphatic carbocycles. The van der Waals surface area contributed by atoms with Crippen molar-refractivity contribution in [3.8, 4) is 5.75 Å². The molecule has 0 saturated heterocycles. The lowest BCUT2D eigenvalue weighted by molar-refractivity contribution is 0.404. The first kappa shape index (κ1) is 14.1. The minimum absolute atomic E-state index is 0.106. The average molecular weight is 323 g/mol. The van der Waals surface area contributed by atoms with E-state index in [-0.39, 0.29) is 10.6 Å². The first-order valence-corrected chi connectivity index (χ1v) is 7.05. The Hall–Kier alpha value is -1.35. The molecule has 3 heteroatoms. The van der Waals surface area contributed by atoms with Crippen LogP contribution in [0.25, 0.3) is 0 Å². The van der Waals surface area contributed by atoms with Crippen LogP contribution in [0.5, 0.6) is 5.75 Å². The van der Waals surface area contributed by atoms with Crippen molar-refractivity contribution in [2.24, 2.45) is 0 Å². The average Bonchev–Trinajstić information content (AvgIpc) is 2.38. The normalized spacial score (nSPS) is 12.2. The van der Waals surface area contributed by atoms with Crippen LogP contribution in [0.3, 0.4) is 0 Å². The predicted octanol–water partition coefficient (Wildman–Crippen LogP) is 4.82. The molecule has 2 aromatic rings. The van der Waals surface area contributed by atoms with E-state index >= 15 is 0 Å². The molecule has 1 unspecified atom stereocenters. The third kappa shape index (κ3) is 3.35. The van der Waals surface area contributed by atoms with E-state index in [9.17, 15) is 4.39 Å². The topological polar surface area (TPSA) is 9.23 Å². The van der Waals surface area contributed by atoms with Gasteiger partial charge in [-0.25, -0.2) is 4.39 Å². The zero-order valence-electron chi connectivity index (χ0n) is 11.0. The van der Waals surface area contributed by atoms with Gasteiger partial charge in [0.2, 0.25) is 0 Å². The van der Waals surface area contributed by atoms with E-state index in [0.717, 1.165) is 6.42 Å². The number of alkyl halides is 1. The molecular formula is C16H16BrFO. The lowest BCUT2D eigenvalue weighted by Gasteiger charge is -2.15. The Bertz CT molecular complexity index is 568. The zero-order chi connectivity index (χ0) is 13.8. The van der Waals surface area contributed by atoms with Crippen LogP contribution in [0.4, 0.5) is 4.39 Å². The highest BCUT2D eigenvalue weighted by molar-refractivity contribution is 9.09. The van der Waals surface area contributed by atoms with Gasteiger partial charge in [0.05, 0.1) is 11.9 Å². The van der Waals surface area contributed by atoms with Crippen molar-refractivity contribution < 1.29 is 9.13 Å². The quantitative estimate of drug-likeness (QED) is 0.733. The lowest BCUT2D eigenvalue weighted by atomic mass is 10.0. The van der Waals surface area contributed by atoms with Crippen LogP contribution in [-0.4, -0.2) is 7.11 Å². The van der Waals surface area contributed by atoms with Gasteiger partial charge in [0, 0.05) is 5.56 Å². The minimum Gasteiger partial charge on any atom is -0.496 e. The number of aryl methyl sites for hydroxylation is 1. The summed E-state index contributed by atoms with van der Waals surface area (Å²) in [6.45, 7) is 2.05. The maximum absolute atomic E-state index is 14.0. The summed E-state index contributed by atoms with van der Waals surface area (Å²) in [5.41, 5.74) is 2.95. The molecule has 0 spiro atoms. The summed E-state index contributed by atoms with van der Waals surface area (Å²) in [5, 5.41) is 0. The second-order valence-corrected chi connectivity index (χ2v) is 5.62. The van der Waals surface area contributed by atoms with Gasteiger partial charge in [-0.1, -0.05) is 51.8 Å². The van der Waals surface area contributed by atoms with Gasteiger partial charge in [-0.15, -0.1) is 0 Å². The number of benzene rings is 2. The van der Waals surface area contributed by atoms with E-state index in [4.69, 9.17) is 4.74 Å². The van der Waals surface area contributed by atoms with Gasteiger partial charge in [0.1, 0.15) is 11.6 Å². The molecule has 0 aliphatic rings. The summed E-state index contributed by atoms with van der Waals surface area (Å²) in [6, 6.07) is 13.1. The molecule has 0 bridgehead atoms. The summed E-state index contributed by atoms with van der Waals surface area (Å²) in [6.07, 6.45) is 0.721. The largest absolute Gasteiger partial charge is 0.496 e. The van der Waals surface area contributed by atoms with E-state index in [1.54, 1.807) is 19.2 Å². The van der Waals surface area contributed by atoms with Gasteiger partial charge in [0.15, 0.2) is 0 Å². The van der Waals surface area contributed by atoms with Crippen molar-refractivity contribution in [2.75, 3.05) is 7.11 Å². The highest BCUT2D eigenvalue weighted by atomic mass is 79.9. The molecule has 19 heavy (non-hydrogen) atoms. The first-order chi connectivity index (χ1) is 9.11. The van der Waals surface area contributed by atoms with E-state index < -0.39 is 0 Å². The third-order valence-corrected chi connectivity index (χ3v) is 3.83. The summed E-state index contributed by atoms with van der Waals surface area (Å²) < 4.78 is 19.2. The summed E-state index contributed by atoms with van der Waals surface area (Å²) in [5.74, 6) is 0.336. The highest BCUT2D eigenvalue weighted by Gasteiger charge is 2.18. The Morgan fingerprint density at radius 1 is 1.21 bits per heavy atom. The van der Waals surface area contributed by atoms with Gasteiger partial charge < -0.3 is 4.74 Å². The molecule has 100 valence electrons. The van der Waals surface area contributed by atoms with E-state index in [2.05, 4.69) is 41.1 Å². The fraction of sp³-hybridized carbons (Fsp3) is 0.250. The molecule has 1 atom stereocenters. The number of hydrogen-bond donors (Lipinski definition) is 0. The zero-order valence-corrected chi connectivity index (χ0v) is 12.6. The molecule has 0 saturated carbocycles. The Morgan fingerprint density at radius 2 is 1.95 bits per heavy atom. The van der Waals surface area contributed by atoms with Gasteiger partial charge in [0.25, 0.3) is 0 Å². The Morgan fingerprint density at radius 3 is 2.63 bits per heavy atom. The second-order valence-electron chi connectivity index (χ2n) is 4.52. The third-order valence-electron chi connectivity index (χ3n) is 3.04. The van der Waals surface area contributed by atoms with Crippen molar-refractivity contribution >= 4 is 15.9 Å². The number of rotatable bonds is 4. The molecule has 0 amide bonds. The Kier molecular flexibility index (Phi) is 4.59. The van der Waals surface area contributed by atoms with Crippen LogP contribution in [-0.2, 0) is 6.42 Å². The summed E-state index contributed by atoms with van der Waals surface area (Å²) >= 11 is 3.57. The SMILES string of the molecule is COc1cccc(F)c1C(Br)Cc1cccc(C)c1. The van der Waals surface area contributed by atoms with Gasteiger partial charge in [-0.05, 0) is 31.0 Å². The van der Waals surface area contributed by atoms with E-state index in [0.29, 0.717) is 11.3 Å². The first-order valence-electron chi connectivity index (χ1n) is 6.14. The van der Waals surface area contributed by atoms with Crippen LogP contribution < -0.4 is 4.74 Å². The van der Waals surface area contributed by atoms with Crippen LogP contribution in [0.1, 0.15) is 21.5 Å². The van der Waals surface area contributed by atoms with Gasteiger partial charge >= 0.3 is 0 Å². The van der Waals surface area contributed by atoms with Crippen molar-refractivity contribution in [1.82, 2.24) is 0 Å². The standard InChI is InChI=1S/C16H16BrFO/c1-11-5-3-6-12(9-11)10-13(17)16-14(18)7-4-8-15(16)19-2/h3-9,13H,10H2,1-2H3. The fourth-order valence-corrected chi connectivity index (χ4v) is 2.97. The Balaban J connectivity index is 2.27. The van der Waals surface area contributed by atoms with Gasteiger partial charge in [-0.2, -0.15) is 0 Å². The monoisotopic (exact) mass is 322 g/mol. The van der Waals surface area contributed by atoms with Crippen LogP contribution >= 0.6 is 15.9 Å². The maximum Gasteiger partial charge on any atom is 0.131 e. The van der Waals surface area contributed by atoms with Crippen molar-refractivity contribution in [3.63, 3.8) is 0 Å². The van der Waals surface area contributed by atoms with Crippen LogP contribution in [0, 0.1) is 12.7 Å². The second kappa shape index (κ2) is 6.20. The molecule has 2 aromatic carbocycles. The number of hydrogen-bond acceptors (Lipinski definition) is 1. The Labute approximate surface area is 121 Å². The van der Waals surface area contributed by atoms with Crippen LogP contribution in [0.2, 0.25) is 0 Å². The molecule has 2 rings (SSSR count). The molecule has 0 fully saturated rings. The highest BCUT2D eigenvalue weighted by Crippen LogP contribution is 2.35. The van der Waals surface area contributed by atoms with Crippen molar-refractivity contribution in [1.29, 1.82) is 0 Å². The summed E-state index contributed by atoms with van der Waals surface area (Å²) in [4.78, 5) is -0.106. The van der Waals surface area contributed by atoms with E-state index in [1.807, 2.05) is 6.07 Å².